The van der Waals surface area contributed by atoms with Crippen LogP contribution in [-0.4, -0.2) is 0 Å². The molecular formula is C13H13BrN+. The zero-order valence-corrected chi connectivity index (χ0v) is 10.2. The third-order valence-corrected chi connectivity index (χ3v) is 3.21. The Morgan fingerprint density at radius 2 is 1.80 bits per heavy atom. The minimum absolute atomic E-state index is 0.911. The second-order valence-electron chi connectivity index (χ2n) is 3.58. The number of hydrogen-bond donors (Lipinski definition) is 0. The average molecular weight is 263 g/mol. The number of pyridine rings is 1. The van der Waals surface area contributed by atoms with Crippen LogP contribution in [0.15, 0.2) is 53.3 Å². The zero-order chi connectivity index (χ0) is 10.7. The molecule has 15 heavy (non-hydrogen) atoms. The summed E-state index contributed by atoms with van der Waals surface area (Å²) in [6.07, 6.45) is 2.08. The highest BCUT2D eigenvalue weighted by molar-refractivity contribution is 9.10. The molecular weight excluding hydrogens is 250 g/mol. The molecule has 0 spiro atoms. The van der Waals surface area contributed by atoms with Gasteiger partial charge in [-0.1, -0.05) is 24.3 Å². The van der Waals surface area contributed by atoms with E-state index in [1.165, 1.54) is 11.1 Å². The minimum Gasteiger partial charge on any atom is -0.188 e. The Kier molecular flexibility index (Phi) is 3.17. The Labute approximate surface area is 98.5 Å². The van der Waals surface area contributed by atoms with Crippen molar-refractivity contribution < 1.29 is 4.57 Å². The SMILES string of the molecule is Cc1ccccc1C[n+]1ccccc1Br. The van der Waals surface area contributed by atoms with Crippen LogP contribution >= 0.6 is 15.9 Å². The van der Waals surface area contributed by atoms with E-state index in [0.717, 1.165) is 11.1 Å². The van der Waals surface area contributed by atoms with E-state index >= 15 is 0 Å². The third-order valence-electron chi connectivity index (χ3n) is 2.49. The fourth-order valence-corrected chi connectivity index (χ4v) is 1.95. The summed E-state index contributed by atoms with van der Waals surface area (Å²) in [4.78, 5) is 0. The molecule has 76 valence electrons. The van der Waals surface area contributed by atoms with Crippen molar-refractivity contribution in [2.45, 2.75) is 13.5 Å². The Bertz CT molecular complexity index is 422. The molecule has 0 saturated heterocycles. The molecule has 0 unspecified atom stereocenters. The van der Waals surface area contributed by atoms with E-state index in [0.29, 0.717) is 0 Å². The lowest BCUT2D eigenvalue weighted by atomic mass is 10.1. The summed E-state index contributed by atoms with van der Waals surface area (Å²) in [5.74, 6) is 0. The second-order valence-corrected chi connectivity index (χ2v) is 4.39. The number of halogens is 1. The normalized spacial score (nSPS) is 10.3. The molecule has 2 aromatic rings. The van der Waals surface area contributed by atoms with E-state index in [2.05, 4.69) is 63.9 Å². The molecule has 2 rings (SSSR count). The quantitative estimate of drug-likeness (QED) is 0.579. The molecule has 0 aliphatic carbocycles. The van der Waals surface area contributed by atoms with Gasteiger partial charge in [0.2, 0.25) is 4.60 Å². The first-order chi connectivity index (χ1) is 7.27. The minimum atomic E-state index is 0.911. The van der Waals surface area contributed by atoms with Crippen LogP contribution in [-0.2, 0) is 6.54 Å². The third kappa shape index (κ3) is 2.45. The van der Waals surface area contributed by atoms with Crippen LogP contribution in [0.25, 0.3) is 0 Å². The van der Waals surface area contributed by atoms with Crippen molar-refractivity contribution in [2.75, 3.05) is 0 Å². The number of aromatic nitrogens is 1. The molecule has 0 bridgehead atoms. The van der Waals surface area contributed by atoms with Gasteiger partial charge < -0.3 is 0 Å². The van der Waals surface area contributed by atoms with E-state index in [9.17, 15) is 0 Å². The van der Waals surface area contributed by atoms with Gasteiger partial charge in [-0.2, -0.15) is 4.57 Å². The molecule has 1 heterocycles. The topological polar surface area (TPSA) is 3.88 Å². The molecule has 0 aliphatic heterocycles. The van der Waals surface area contributed by atoms with Crippen molar-refractivity contribution in [1.29, 1.82) is 0 Å². The van der Waals surface area contributed by atoms with Crippen molar-refractivity contribution >= 4 is 15.9 Å². The van der Waals surface area contributed by atoms with Gasteiger partial charge in [0.1, 0.15) is 0 Å². The van der Waals surface area contributed by atoms with Crippen LogP contribution in [0.3, 0.4) is 0 Å². The van der Waals surface area contributed by atoms with Crippen LogP contribution in [0.4, 0.5) is 0 Å². The number of rotatable bonds is 2. The van der Waals surface area contributed by atoms with Crippen LogP contribution < -0.4 is 4.57 Å². The first-order valence-electron chi connectivity index (χ1n) is 4.96. The molecule has 0 aliphatic rings. The predicted octanol–water partition coefficient (Wildman–Crippen LogP) is 3.09. The van der Waals surface area contributed by atoms with Gasteiger partial charge in [-0.25, -0.2) is 0 Å². The molecule has 1 aromatic heterocycles. The summed E-state index contributed by atoms with van der Waals surface area (Å²) in [6.45, 7) is 3.06. The molecule has 2 heteroatoms. The van der Waals surface area contributed by atoms with E-state index in [1.54, 1.807) is 0 Å². The summed E-state index contributed by atoms with van der Waals surface area (Å²) in [5, 5.41) is 0. The smallest absolute Gasteiger partial charge is 0.188 e. The van der Waals surface area contributed by atoms with Crippen LogP contribution in [0, 0.1) is 6.92 Å². The van der Waals surface area contributed by atoms with E-state index in [1.807, 2.05) is 12.1 Å². The zero-order valence-electron chi connectivity index (χ0n) is 8.65. The monoisotopic (exact) mass is 262 g/mol. The number of hydrogen-bond acceptors (Lipinski definition) is 0. The maximum atomic E-state index is 3.54. The Balaban J connectivity index is 2.30. The fraction of sp³-hybridized carbons (Fsp3) is 0.154. The molecule has 1 aromatic carbocycles. The maximum Gasteiger partial charge on any atom is 0.248 e. The predicted molar refractivity (Wildman–Crippen MR) is 64.6 cm³/mol. The van der Waals surface area contributed by atoms with Crippen molar-refractivity contribution in [3.8, 4) is 0 Å². The van der Waals surface area contributed by atoms with Gasteiger partial charge in [0.05, 0.1) is 0 Å². The van der Waals surface area contributed by atoms with Crippen LogP contribution in [0.5, 0.6) is 0 Å². The first kappa shape index (κ1) is 10.4. The summed E-state index contributed by atoms with van der Waals surface area (Å²) in [7, 11) is 0. The highest BCUT2D eigenvalue weighted by Crippen LogP contribution is 2.08. The summed E-state index contributed by atoms with van der Waals surface area (Å²) >= 11 is 3.54. The van der Waals surface area contributed by atoms with Gasteiger partial charge in [0, 0.05) is 33.6 Å². The van der Waals surface area contributed by atoms with Gasteiger partial charge >= 0.3 is 0 Å². The van der Waals surface area contributed by atoms with Crippen molar-refractivity contribution in [3.63, 3.8) is 0 Å². The number of benzene rings is 1. The molecule has 0 N–H and O–H groups in total. The van der Waals surface area contributed by atoms with Gasteiger partial charge in [-0.05, 0) is 18.6 Å². The van der Waals surface area contributed by atoms with Gasteiger partial charge in [-0.15, -0.1) is 0 Å². The number of aryl methyl sites for hydroxylation is 1. The van der Waals surface area contributed by atoms with Gasteiger partial charge in [0.15, 0.2) is 12.7 Å². The van der Waals surface area contributed by atoms with Gasteiger partial charge in [0.25, 0.3) is 0 Å². The van der Waals surface area contributed by atoms with Crippen LogP contribution in [0.1, 0.15) is 11.1 Å². The molecule has 0 saturated carbocycles. The van der Waals surface area contributed by atoms with Crippen LogP contribution in [0.2, 0.25) is 0 Å². The highest BCUT2D eigenvalue weighted by Gasteiger charge is 2.08. The molecule has 1 nitrogen and oxygen atoms in total. The highest BCUT2D eigenvalue weighted by atomic mass is 79.9. The van der Waals surface area contributed by atoms with Crippen molar-refractivity contribution in [3.05, 3.63) is 64.4 Å². The summed E-state index contributed by atoms with van der Waals surface area (Å²) < 4.78 is 3.29. The molecule has 0 atom stereocenters. The van der Waals surface area contributed by atoms with Crippen molar-refractivity contribution in [2.24, 2.45) is 0 Å². The summed E-state index contributed by atoms with van der Waals surface area (Å²) in [5.41, 5.74) is 2.69. The van der Waals surface area contributed by atoms with E-state index < -0.39 is 0 Å². The average Bonchev–Trinajstić information content (AvgIpc) is 2.24. The lowest BCUT2D eigenvalue weighted by Crippen LogP contribution is -2.35. The molecule has 0 fully saturated rings. The Hall–Kier alpha value is -1.15. The fourth-order valence-electron chi connectivity index (χ4n) is 1.55. The van der Waals surface area contributed by atoms with Crippen molar-refractivity contribution in [1.82, 2.24) is 0 Å². The lowest BCUT2D eigenvalue weighted by Gasteiger charge is -2.02. The largest absolute Gasteiger partial charge is 0.248 e. The standard InChI is InChI=1S/C13H13BrN/c1-11-6-2-3-7-12(11)10-15-9-5-4-8-13(15)14/h2-9H,10H2,1H3/q+1. The molecule has 0 amide bonds. The van der Waals surface area contributed by atoms with Gasteiger partial charge in [-0.3, -0.25) is 0 Å². The first-order valence-corrected chi connectivity index (χ1v) is 5.75. The number of nitrogens with zero attached hydrogens (tertiary/aromatic N) is 1. The lowest BCUT2D eigenvalue weighted by molar-refractivity contribution is -0.699. The Morgan fingerprint density at radius 1 is 1.07 bits per heavy atom. The Morgan fingerprint density at radius 3 is 2.53 bits per heavy atom. The second kappa shape index (κ2) is 4.58. The van der Waals surface area contributed by atoms with E-state index in [-0.39, 0.29) is 0 Å². The summed E-state index contributed by atoms with van der Waals surface area (Å²) in [6, 6.07) is 14.6. The molecule has 0 radical (unpaired) electrons. The van der Waals surface area contributed by atoms with E-state index in [4.69, 9.17) is 0 Å². The maximum absolute atomic E-state index is 3.54.